The first kappa shape index (κ1) is 16.3. The Morgan fingerprint density at radius 1 is 1.28 bits per heavy atom. The van der Waals surface area contributed by atoms with Crippen molar-refractivity contribution in [3.8, 4) is 16.8 Å². The van der Waals surface area contributed by atoms with Crippen LogP contribution in [0.3, 0.4) is 0 Å². The smallest absolute Gasteiger partial charge is 0.365 e. The van der Waals surface area contributed by atoms with Crippen LogP contribution in [0.25, 0.3) is 16.8 Å². The van der Waals surface area contributed by atoms with Crippen molar-refractivity contribution in [2.75, 3.05) is 0 Å². The van der Waals surface area contributed by atoms with Gasteiger partial charge in [0.25, 0.3) is 0 Å². The summed E-state index contributed by atoms with van der Waals surface area (Å²) >= 11 is 0. The largest absolute Gasteiger partial charge is 0.411 e. The van der Waals surface area contributed by atoms with Crippen molar-refractivity contribution in [3.05, 3.63) is 64.9 Å². The van der Waals surface area contributed by atoms with Gasteiger partial charge in [-0.2, -0.15) is 4.74 Å². The number of benzene rings is 1. The highest BCUT2D eigenvalue weighted by molar-refractivity contribution is 5.79. The number of amides is 1. The number of aromatic nitrogens is 2. The first-order valence-corrected chi connectivity index (χ1v) is 7.48. The fourth-order valence-corrected chi connectivity index (χ4v) is 2.37. The fraction of sp³-hybridized carbons (Fsp3) is 0.118. The lowest BCUT2D eigenvalue weighted by molar-refractivity contribution is -0.119. The molecule has 8 nitrogen and oxygen atoms in total. The number of nitrogens with zero attached hydrogens (tertiary/aromatic N) is 3. The summed E-state index contributed by atoms with van der Waals surface area (Å²) in [5.74, 6) is -0.209. The molecule has 1 amide bonds. The average molecular weight is 340 g/mol. The average Bonchev–Trinajstić information content (AvgIpc) is 3.20. The number of oxime groups is 1. The van der Waals surface area contributed by atoms with Crippen molar-refractivity contribution < 1.29 is 14.5 Å². The van der Waals surface area contributed by atoms with E-state index in [-0.39, 0.29) is 12.6 Å². The summed E-state index contributed by atoms with van der Waals surface area (Å²) in [4.78, 5) is 22.9. The number of nitrogens with one attached hydrogen (secondary N) is 1. The molecule has 3 aromatic rings. The zero-order valence-corrected chi connectivity index (χ0v) is 13.4. The number of carbonyl (C=O) groups excluding carboxylic acids is 1. The van der Waals surface area contributed by atoms with Crippen molar-refractivity contribution in [2.45, 2.75) is 13.6 Å². The van der Waals surface area contributed by atoms with E-state index < -0.39 is 5.63 Å². The minimum absolute atomic E-state index is 0.0984. The molecule has 3 rings (SSSR count). The topological polar surface area (TPSA) is 102 Å². The lowest BCUT2D eigenvalue weighted by Gasteiger charge is -2.03. The monoisotopic (exact) mass is 340 g/mol. The zero-order chi connectivity index (χ0) is 17.8. The molecule has 0 radical (unpaired) electrons. The maximum absolute atomic E-state index is 12.0. The molecule has 2 N–H and O–H groups in total. The molecular weight excluding hydrogens is 324 g/mol. The first-order valence-electron chi connectivity index (χ1n) is 7.48. The predicted molar refractivity (Wildman–Crippen MR) is 90.9 cm³/mol. The van der Waals surface area contributed by atoms with E-state index in [1.807, 2.05) is 47.3 Å². The van der Waals surface area contributed by atoms with E-state index in [0.29, 0.717) is 11.1 Å². The van der Waals surface area contributed by atoms with E-state index in [0.717, 1.165) is 11.3 Å². The second-order valence-corrected chi connectivity index (χ2v) is 5.37. The molecule has 0 aliphatic heterocycles. The Bertz CT molecular complexity index is 963. The summed E-state index contributed by atoms with van der Waals surface area (Å²) < 4.78 is 8.21. The molecule has 0 atom stereocenters. The van der Waals surface area contributed by atoms with Gasteiger partial charge in [-0.15, -0.1) is 0 Å². The standard InChI is InChI=1S/C17H16N4O4/c1-12(22)18-11-21-10-16(17(23)25-21)14-2-4-15(5-3-14)20-7-6-13(9-20)8-19-24/h2-10,24H,11H2,1H3,(H,18,22)/b19-8-. The van der Waals surface area contributed by atoms with Crippen LogP contribution in [0, 0.1) is 0 Å². The van der Waals surface area contributed by atoms with Gasteiger partial charge in [0.05, 0.1) is 18.0 Å². The molecule has 0 saturated carbocycles. The molecule has 0 aliphatic carbocycles. The lowest BCUT2D eigenvalue weighted by Crippen LogP contribution is -2.22. The van der Waals surface area contributed by atoms with Crippen LogP contribution < -0.4 is 10.9 Å². The van der Waals surface area contributed by atoms with Gasteiger partial charge in [0, 0.05) is 30.6 Å². The van der Waals surface area contributed by atoms with Gasteiger partial charge in [-0.25, -0.2) is 4.79 Å². The van der Waals surface area contributed by atoms with Gasteiger partial charge in [-0.1, -0.05) is 17.3 Å². The third-order valence-corrected chi connectivity index (χ3v) is 3.58. The lowest BCUT2D eigenvalue weighted by atomic mass is 10.1. The van der Waals surface area contributed by atoms with Gasteiger partial charge >= 0.3 is 5.63 Å². The molecule has 0 aliphatic rings. The molecule has 25 heavy (non-hydrogen) atoms. The van der Waals surface area contributed by atoms with Crippen molar-refractivity contribution in [1.29, 1.82) is 0 Å². The Labute approximate surface area is 142 Å². The Morgan fingerprint density at radius 3 is 2.72 bits per heavy atom. The van der Waals surface area contributed by atoms with Gasteiger partial charge in [-0.05, 0) is 23.8 Å². The maximum Gasteiger partial charge on any atom is 0.365 e. The summed E-state index contributed by atoms with van der Waals surface area (Å²) in [5, 5.41) is 14.1. The Balaban J connectivity index is 1.82. The Hall–Kier alpha value is -3.55. The van der Waals surface area contributed by atoms with Crippen LogP contribution in [-0.2, 0) is 11.5 Å². The van der Waals surface area contributed by atoms with Crippen molar-refractivity contribution in [1.82, 2.24) is 14.6 Å². The van der Waals surface area contributed by atoms with E-state index >= 15 is 0 Å². The van der Waals surface area contributed by atoms with Crippen LogP contribution in [0.1, 0.15) is 12.5 Å². The minimum atomic E-state index is -0.472. The Morgan fingerprint density at radius 2 is 2.04 bits per heavy atom. The second-order valence-electron chi connectivity index (χ2n) is 5.37. The highest BCUT2D eigenvalue weighted by Crippen LogP contribution is 2.19. The molecule has 8 heteroatoms. The number of hydrogen-bond acceptors (Lipinski definition) is 5. The molecular formula is C17H16N4O4. The Kier molecular flexibility index (Phi) is 4.51. The fourth-order valence-electron chi connectivity index (χ4n) is 2.37. The molecule has 2 heterocycles. The van der Waals surface area contributed by atoms with Gasteiger partial charge < -0.3 is 19.6 Å². The van der Waals surface area contributed by atoms with Crippen LogP contribution in [0.5, 0.6) is 0 Å². The number of rotatable bonds is 5. The summed E-state index contributed by atoms with van der Waals surface area (Å²) in [6, 6.07) is 9.15. The predicted octanol–water partition coefficient (Wildman–Crippen LogP) is 1.80. The molecule has 2 aromatic heterocycles. The molecule has 128 valence electrons. The minimum Gasteiger partial charge on any atom is -0.411 e. The summed E-state index contributed by atoms with van der Waals surface area (Å²) in [5.41, 5.74) is 2.31. The van der Waals surface area contributed by atoms with Gasteiger partial charge in [0.1, 0.15) is 6.67 Å². The number of hydrogen-bond donors (Lipinski definition) is 2. The van der Waals surface area contributed by atoms with Crippen LogP contribution in [0.2, 0.25) is 0 Å². The van der Waals surface area contributed by atoms with Gasteiger partial charge in [-0.3, -0.25) is 4.79 Å². The van der Waals surface area contributed by atoms with E-state index in [9.17, 15) is 9.59 Å². The summed E-state index contributed by atoms with van der Waals surface area (Å²) in [6.07, 6.45) is 6.55. The van der Waals surface area contributed by atoms with E-state index in [1.54, 1.807) is 6.20 Å². The summed E-state index contributed by atoms with van der Waals surface area (Å²) in [6.45, 7) is 1.49. The van der Waals surface area contributed by atoms with Crippen molar-refractivity contribution >= 4 is 12.1 Å². The normalized spacial score (nSPS) is 11.1. The zero-order valence-electron chi connectivity index (χ0n) is 13.4. The van der Waals surface area contributed by atoms with E-state index in [1.165, 1.54) is 17.9 Å². The highest BCUT2D eigenvalue weighted by atomic mass is 16.5. The molecule has 0 unspecified atom stereocenters. The van der Waals surface area contributed by atoms with Crippen molar-refractivity contribution in [2.24, 2.45) is 5.16 Å². The van der Waals surface area contributed by atoms with Gasteiger partial charge in [0.2, 0.25) is 5.91 Å². The van der Waals surface area contributed by atoms with Crippen LogP contribution >= 0.6 is 0 Å². The van der Waals surface area contributed by atoms with E-state index in [4.69, 9.17) is 9.73 Å². The highest BCUT2D eigenvalue weighted by Gasteiger charge is 2.10. The molecule has 0 saturated heterocycles. The van der Waals surface area contributed by atoms with Crippen LogP contribution in [0.15, 0.2) is 63.4 Å². The molecule has 0 spiro atoms. The van der Waals surface area contributed by atoms with Crippen LogP contribution in [-0.4, -0.2) is 26.6 Å². The third kappa shape index (κ3) is 3.69. The quantitative estimate of drug-likeness (QED) is 0.420. The first-order chi connectivity index (χ1) is 12.1. The molecule has 0 fully saturated rings. The third-order valence-electron chi connectivity index (χ3n) is 3.58. The van der Waals surface area contributed by atoms with E-state index in [2.05, 4.69) is 10.5 Å². The summed E-state index contributed by atoms with van der Waals surface area (Å²) in [7, 11) is 0. The maximum atomic E-state index is 12.0. The van der Waals surface area contributed by atoms with Crippen LogP contribution in [0.4, 0.5) is 0 Å². The van der Waals surface area contributed by atoms with Crippen molar-refractivity contribution in [3.63, 3.8) is 0 Å². The molecule has 0 bridgehead atoms. The number of carbonyl (C=O) groups is 1. The second kappa shape index (κ2) is 6.91. The van der Waals surface area contributed by atoms with Gasteiger partial charge in [0.15, 0.2) is 0 Å². The SMILES string of the molecule is CC(=O)NCn1cc(-c2ccc(-n3ccc(/C=N\O)c3)cc2)c(=O)o1. The molecule has 1 aromatic carbocycles.